The van der Waals surface area contributed by atoms with Crippen molar-refractivity contribution in [3.63, 3.8) is 0 Å². The van der Waals surface area contributed by atoms with Crippen LogP contribution in [0, 0.1) is 0 Å². The van der Waals surface area contributed by atoms with Crippen LogP contribution in [0.25, 0.3) is 11.1 Å². The number of nitrogens with zero attached hydrogens (tertiary/aromatic N) is 2. The van der Waals surface area contributed by atoms with Gasteiger partial charge in [-0.1, -0.05) is 78.9 Å². The quantitative estimate of drug-likeness (QED) is 0.307. The Hall–Kier alpha value is -3.52. The third-order valence-electron chi connectivity index (χ3n) is 5.10. The predicted molar refractivity (Wildman–Crippen MR) is 110 cm³/mol. The molecule has 1 aliphatic carbocycles. The lowest BCUT2D eigenvalue weighted by Crippen LogP contribution is -1.98. The molecule has 0 aromatic heterocycles. The zero-order valence-electron chi connectivity index (χ0n) is 14.8. The molecule has 0 heterocycles. The molecule has 4 aromatic rings. The van der Waals surface area contributed by atoms with E-state index in [1.54, 1.807) is 0 Å². The topological polar surface area (TPSA) is 24.7 Å². The van der Waals surface area contributed by atoms with Crippen molar-refractivity contribution in [3.05, 3.63) is 120 Å². The van der Waals surface area contributed by atoms with E-state index in [1.807, 2.05) is 42.5 Å². The highest BCUT2D eigenvalue weighted by molar-refractivity contribution is 5.80. The van der Waals surface area contributed by atoms with Crippen LogP contribution in [0.15, 0.2) is 113 Å². The van der Waals surface area contributed by atoms with E-state index in [1.165, 1.54) is 27.8 Å². The van der Waals surface area contributed by atoms with E-state index in [2.05, 4.69) is 70.9 Å². The molecule has 2 heteroatoms. The van der Waals surface area contributed by atoms with E-state index >= 15 is 0 Å². The molecule has 0 aliphatic heterocycles. The Morgan fingerprint density at radius 2 is 0.926 bits per heavy atom. The second kappa shape index (κ2) is 6.65. The van der Waals surface area contributed by atoms with Gasteiger partial charge in [0, 0.05) is 5.92 Å². The highest BCUT2D eigenvalue weighted by Crippen LogP contribution is 2.47. The van der Waals surface area contributed by atoms with E-state index in [-0.39, 0.29) is 5.92 Å². The average Bonchev–Trinajstić information content (AvgIpc) is 3.08. The molecule has 0 saturated carbocycles. The number of fused-ring (bicyclic) bond motifs is 3. The molecule has 27 heavy (non-hydrogen) atoms. The van der Waals surface area contributed by atoms with Crippen molar-refractivity contribution in [3.8, 4) is 11.1 Å². The molecule has 0 fully saturated rings. The molecule has 0 N–H and O–H groups in total. The fraction of sp³-hybridized carbons (Fsp3) is 0.0400. The van der Waals surface area contributed by atoms with Crippen molar-refractivity contribution >= 4 is 11.4 Å². The monoisotopic (exact) mass is 346 g/mol. The van der Waals surface area contributed by atoms with E-state index in [4.69, 9.17) is 0 Å². The van der Waals surface area contributed by atoms with Crippen molar-refractivity contribution in [1.82, 2.24) is 0 Å². The summed E-state index contributed by atoms with van der Waals surface area (Å²) in [6.07, 6.45) is 0. The van der Waals surface area contributed by atoms with Gasteiger partial charge in [0.05, 0.1) is 11.4 Å². The van der Waals surface area contributed by atoms with Crippen LogP contribution in [-0.4, -0.2) is 0 Å². The number of benzene rings is 4. The Bertz CT molecular complexity index is 1070. The molecule has 5 rings (SSSR count). The summed E-state index contributed by atoms with van der Waals surface area (Å²) >= 11 is 0. The number of hydrogen-bond acceptors (Lipinski definition) is 2. The fourth-order valence-electron chi connectivity index (χ4n) is 3.86. The van der Waals surface area contributed by atoms with E-state index < -0.39 is 0 Å². The molecule has 0 saturated heterocycles. The smallest absolute Gasteiger partial charge is 0.0857 e. The van der Waals surface area contributed by atoms with Gasteiger partial charge in [0.15, 0.2) is 0 Å². The highest BCUT2D eigenvalue weighted by atomic mass is 15.1. The molecule has 1 aliphatic rings. The van der Waals surface area contributed by atoms with Gasteiger partial charge in [0.1, 0.15) is 0 Å². The van der Waals surface area contributed by atoms with Crippen molar-refractivity contribution in [2.24, 2.45) is 10.2 Å². The molecule has 4 aromatic carbocycles. The minimum atomic E-state index is 0.275. The number of hydrogen-bond donors (Lipinski definition) is 0. The standard InChI is InChI=1S/C25H18N2/c1-2-8-19(9-3-1)26-27-20-16-14-18(15-17-20)25-23-12-6-4-10-21(23)22-11-5-7-13-24(22)25/h1-17,25H/b27-26+. The Morgan fingerprint density at radius 3 is 1.52 bits per heavy atom. The minimum Gasteiger partial charge on any atom is -0.151 e. The van der Waals surface area contributed by atoms with Crippen LogP contribution in [0.1, 0.15) is 22.6 Å². The first-order chi connectivity index (χ1) is 13.4. The fourth-order valence-corrected chi connectivity index (χ4v) is 3.86. The summed E-state index contributed by atoms with van der Waals surface area (Å²) in [7, 11) is 0. The van der Waals surface area contributed by atoms with Crippen molar-refractivity contribution in [1.29, 1.82) is 0 Å². The van der Waals surface area contributed by atoms with E-state index in [0.29, 0.717) is 0 Å². The number of rotatable bonds is 3. The van der Waals surface area contributed by atoms with Crippen LogP contribution >= 0.6 is 0 Å². The van der Waals surface area contributed by atoms with Crippen molar-refractivity contribution < 1.29 is 0 Å². The molecule has 0 bridgehead atoms. The summed E-state index contributed by atoms with van der Waals surface area (Å²) in [5.74, 6) is 0.275. The third-order valence-corrected chi connectivity index (χ3v) is 5.10. The van der Waals surface area contributed by atoms with Crippen LogP contribution in [0.2, 0.25) is 0 Å². The van der Waals surface area contributed by atoms with Crippen LogP contribution in [-0.2, 0) is 0 Å². The first-order valence-electron chi connectivity index (χ1n) is 9.15. The molecule has 0 atom stereocenters. The maximum atomic E-state index is 4.36. The lowest BCUT2D eigenvalue weighted by molar-refractivity contribution is 1.01. The zero-order chi connectivity index (χ0) is 18.1. The second-order valence-corrected chi connectivity index (χ2v) is 6.73. The van der Waals surface area contributed by atoms with Gasteiger partial charge >= 0.3 is 0 Å². The Morgan fingerprint density at radius 1 is 0.444 bits per heavy atom. The Kier molecular flexibility index (Phi) is 3.87. The van der Waals surface area contributed by atoms with Crippen LogP contribution in [0.3, 0.4) is 0 Å². The summed E-state index contributed by atoms with van der Waals surface area (Å²) in [5.41, 5.74) is 8.43. The van der Waals surface area contributed by atoms with Gasteiger partial charge < -0.3 is 0 Å². The SMILES string of the molecule is c1ccc(/N=N/c2ccc(C3c4ccccc4-c4ccccc43)cc2)cc1. The predicted octanol–water partition coefficient (Wildman–Crippen LogP) is 7.26. The molecular weight excluding hydrogens is 328 g/mol. The van der Waals surface area contributed by atoms with Crippen LogP contribution in [0.5, 0.6) is 0 Å². The van der Waals surface area contributed by atoms with E-state index in [9.17, 15) is 0 Å². The summed E-state index contributed by atoms with van der Waals surface area (Å²) in [4.78, 5) is 0. The summed E-state index contributed by atoms with van der Waals surface area (Å²) in [5, 5.41) is 8.66. The molecule has 2 nitrogen and oxygen atoms in total. The Balaban J connectivity index is 1.50. The first kappa shape index (κ1) is 15.7. The second-order valence-electron chi connectivity index (χ2n) is 6.73. The molecule has 128 valence electrons. The largest absolute Gasteiger partial charge is 0.151 e. The van der Waals surface area contributed by atoms with Gasteiger partial charge in [-0.25, -0.2) is 0 Å². The lowest BCUT2D eigenvalue weighted by Gasteiger charge is -2.14. The van der Waals surface area contributed by atoms with Gasteiger partial charge in [-0.05, 0) is 52.1 Å². The maximum Gasteiger partial charge on any atom is 0.0857 e. The van der Waals surface area contributed by atoms with Crippen LogP contribution < -0.4 is 0 Å². The van der Waals surface area contributed by atoms with Gasteiger partial charge in [-0.2, -0.15) is 10.2 Å². The summed E-state index contributed by atoms with van der Waals surface area (Å²) in [6, 6.07) is 35.6. The highest BCUT2D eigenvalue weighted by Gasteiger charge is 2.28. The summed E-state index contributed by atoms with van der Waals surface area (Å²) < 4.78 is 0. The van der Waals surface area contributed by atoms with Crippen molar-refractivity contribution in [2.45, 2.75) is 5.92 Å². The average molecular weight is 346 g/mol. The maximum absolute atomic E-state index is 4.36. The van der Waals surface area contributed by atoms with Gasteiger partial charge in [0.2, 0.25) is 0 Å². The number of azo groups is 1. The lowest BCUT2D eigenvalue weighted by atomic mass is 9.89. The third kappa shape index (κ3) is 2.85. The van der Waals surface area contributed by atoms with Gasteiger partial charge in [-0.15, -0.1) is 0 Å². The molecule has 0 amide bonds. The minimum absolute atomic E-state index is 0.275. The summed E-state index contributed by atoms with van der Waals surface area (Å²) in [6.45, 7) is 0. The van der Waals surface area contributed by atoms with Crippen molar-refractivity contribution in [2.75, 3.05) is 0 Å². The van der Waals surface area contributed by atoms with E-state index in [0.717, 1.165) is 11.4 Å². The van der Waals surface area contributed by atoms with Crippen LogP contribution in [0.4, 0.5) is 11.4 Å². The molecular formula is C25H18N2. The first-order valence-corrected chi connectivity index (χ1v) is 9.15. The van der Waals surface area contributed by atoms with Gasteiger partial charge in [-0.3, -0.25) is 0 Å². The van der Waals surface area contributed by atoms with Gasteiger partial charge in [0.25, 0.3) is 0 Å². The normalized spacial score (nSPS) is 12.9. The Labute approximate surface area is 158 Å². The molecule has 0 unspecified atom stereocenters. The molecule has 0 radical (unpaired) electrons. The molecule has 0 spiro atoms. The zero-order valence-corrected chi connectivity index (χ0v) is 14.8.